The first-order valence-electron chi connectivity index (χ1n) is 25.4. The summed E-state index contributed by atoms with van der Waals surface area (Å²) in [5.74, 6) is -2.32. The van der Waals surface area contributed by atoms with Crippen LogP contribution in [-0.2, 0) is 33.3 Å². The minimum atomic E-state index is -1.63. The Balaban J connectivity index is 4.26. The van der Waals surface area contributed by atoms with Gasteiger partial charge in [0.1, 0.15) is 13.2 Å². The smallest absolute Gasteiger partial charge is 0.306 e. The Morgan fingerprint density at radius 1 is 0.477 bits per heavy atom. The molecule has 0 aromatic heterocycles. The molecule has 9 nitrogen and oxygen atoms in total. The normalized spacial score (nSPS) is 13.7. The Bertz CT molecular complexity index is 1380. The van der Waals surface area contributed by atoms with Crippen LogP contribution in [0.15, 0.2) is 97.2 Å². The molecule has 0 aliphatic heterocycles. The number of allylic oxidation sites excluding steroid dienone is 16. The number of hydrogen-bond acceptors (Lipinski definition) is 8. The second-order valence-electron chi connectivity index (χ2n) is 17.7. The van der Waals surface area contributed by atoms with E-state index in [9.17, 15) is 19.5 Å². The number of carbonyl (C=O) groups excluding carboxylic acids is 3. The molecule has 0 spiro atoms. The van der Waals surface area contributed by atoms with Crippen LogP contribution in [0.3, 0.4) is 0 Å². The number of aliphatic carboxylic acids is 1. The van der Waals surface area contributed by atoms with Crippen molar-refractivity contribution in [2.75, 3.05) is 47.5 Å². The number of carboxylic acids is 1. The maximum Gasteiger partial charge on any atom is 0.306 e. The Morgan fingerprint density at radius 3 is 1.31 bits per heavy atom. The van der Waals surface area contributed by atoms with E-state index < -0.39 is 24.3 Å². The van der Waals surface area contributed by atoms with Crippen LogP contribution in [0.4, 0.5) is 0 Å². The molecule has 0 aromatic carbocycles. The number of carboxylic acid groups (broad SMARTS) is 1. The van der Waals surface area contributed by atoms with Crippen LogP contribution < -0.4 is 5.11 Å². The zero-order chi connectivity index (χ0) is 47.7. The molecule has 0 amide bonds. The van der Waals surface area contributed by atoms with Gasteiger partial charge in [-0.15, -0.1) is 0 Å². The van der Waals surface area contributed by atoms with Gasteiger partial charge in [-0.25, -0.2) is 0 Å². The summed E-state index contributed by atoms with van der Waals surface area (Å²) >= 11 is 0. The van der Waals surface area contributed by atoms with E-state index in [2.05, 4.69) is 111 Å². The third kappa shape index (κ3) is 48.0. The van der Waals surface area contributed by atoms with Crippen molar-refractivity contribution in [1.82, 2.24) is 0 Å². The zero-order valence-electron chi connectivity index (χ0n) is 41.8. The van der Waals surface area contributed by atoms with Gasteiger partial charge >= 0.3 is 11.9 Å². The van der Waals surface area contributed by atoms with Crippen LogP contribution in [0.5, 0.6) is 0 Å². The lowest BCUT2D eigenvalue weighted by Crippen LogP contribution is -2.44. The fourth-order valence-corrected chi connectivity index (χ4v) is 6.43. The Morgan fingerprint density at radius 2 is 0.877 bits per heavy atom. The highest BCUT2D eigenvalue weighted by molar-refractivity contribution is 5.70. The largest absolute Gasteiger partial charge is 0.545 e. The number of quaternary nitrogens is 1. The molecule has 0 radical (unpaired) electrons. The van der Waals surface area contributed by atoms with Gasteiger partial charge in [0.05, 0.1) is 40.3 Å². The van der Waals surface area contributed by atoms with Crippen LogP contribution >= 0.6 is 0 Å². The number of ether oxygens (including phenoxy) is 4. The summed E-state index contributed by atoms with van der Waals surface area (Å²) in [6.45, 7) is 4.56. The molecular weight excluding hydrogens is 815 g/mol. The fraction of sp³-hybridized carbons (Fsp3) is 0.661. The van der Waals surface area contributed by atoms with E-state index in [1.807, 2.05) is 21.1 Å². The van der Waals surface area contributed by atoms with E-state index in [0.29, 0.717) is 17.4 Å². The van der Waals surface area contributed by atoms with Gasteiger partial charge in [0.25, 0.3) is 0 Å². The van der Waals surface area contributed by atoms with E-state index >= 15 is 0 Å². The van der Waals surface area contributed by atoms with Crippen molar-refractivity contribution < 1.29 is 42.9 Å². The molecule has 2 atom stereocenters. The number of nitrogens with zero attached hydrogens (tertiary/aromatic N) is 1. The molecule has 0 rings (SSSR count). The van der Waals surface area contributed by atoms with Gasteiger partial charge < -0.3 is 33.3 Å². The highest BCUT2D eigenvalue weighted by Gasteiger charge is 2.21. The zero-order valence-corrected chi connectivity index (χ0v) is 41.8. The minimum Gasteiger partial charge on any atom is -0.545 e. The number of likely N-dealkylation sites (N-methyl/N-ethyl adjacent to an activating group) is 1. The maximum absolute atomic E-state index is 12.8. The highest BCUT2D eigenvalue weighted by Crippen LogP contribution is 2.13. The number of unbranched alkanes of at least 4 members (excludes halogenated alkanes) is 14. The molecule has 0 aromatic rings. The molecule has 65 heavy (non-hydrogen) atoms. The Labute approximate surface area is 397 Å². The quantitative estimate of drug-likeness (QED) is 0.0195. The monoisotopic (exact) mass is 908 g/mol. The van der Waals surface area contributed by atoms with Gasteiger partial charge in [-0.1, -0.05) is 188 Å². The van der Waals surface area contributed by atoms with E-state index in [4.69, 9.17) is 18.9 Å². The topological polar surface area (TPSA) is 111 Å². The van der Waals surface area contributed by atoms with Crippen LogP contribution in [0.25, 0.3) is 0 Å². The summed E-state index contributed by atoms with van der Waals surface area (Å²) < 4.78 is 22.5. The molecule has 0 saturated heterocycles. The third-order valence-electron chi connectivity index (χ3n) is 10.3. The van der Waals surface area contributed by atoms with E-state index in [-0.39, 0.29) is 38.6 Å². The average molecular weight is 908 g/mol. The summed E-state index contributed by atoms with van der Waals surface area (Å²) in [6.07, 6.45) is 58.9. The molecule has 0 aliphatic carbocycles. The molecular formula is C56H93NO8. The van der Waals surface area contributed by atoms with Crippen molar-refractivity contribution in [2.24, 2.45) is 0 Å². The van der Waals surface area contributed by atoms with Gasteiger partial charge in [-0.05, 0) is 77.0 Å². The molecule has 9 heteroatoms. The summed E-state index contributed by atoms with van der Waals surface area (Å²) in [5.41, 5.74) is 0. The van der Waals surface area contributed by atoms with E-state index in [0.717, 1.165) is 109 Å². The predicted molar refractivity (Wildman–Crippen MR) is 269 cm³/mol. The maximum atomic E-state index is 12.8. The number of esters is 2. The van der Waals surface area contributed by atoms with Crippen molar-refractivity contribution in [1.29, 1.82) is 0 Å². The second kappa shape index (κ2) is 46.7. The first-order chi connectivity index (χ1) is 31.6. The number of rotatable bonds is 45. The Kier molecular flexibility index (Phi) is 44.0. The minimum absolute atomic E-state index is 0.140. The number of carbonyl (C=O) groups is 3. The predicted octanol–water partition coefficient (Wildman–Crippen LogP) is 12.9. The van der Waals surface area contributed by atoms with Crippen molar-refractivity contribution in [3.63, 3.8) is 0 Å². The van der Waals surface area contributed by atoms with Crippen LogP contribution in [0.2, 0.25) is 0 Å². The second-order valence-corrected chi connectivity index (χ2v) is 17.7. The lowest BCUT2D eigenvalue weighted by Gasteiger charge is -2.26. The lowest BCUT2D eigenvalue weighted by molar-refractivity contribution is -0.870. The van der Waals surface area contributed by atoms with Crippen LogP contribution in [-0.4, -0.2) is 82.3 Å². The van der Waals surface area contributed by atoms with Crippen LogP contribution in [0.1, 0.15) is 181 Å². The molecule has 0 saturated carbocycles. The van der Waals surface area contributed by atoms with Crippen molar-refractivity contribution in [2.45, 2.75) is 193 Å². The first-order valence-corrected chi connectivity index (χ1v) is 25.4. The molecule has 0 bridgehead atoms. The van der Waals surface area contributed by atoms with Gasteiger partial charge in [-0.2, -0.15) is 0 Å². The molecule has 0 heterocycles. The van der Waals surface area contributed by atoms with Gasteiger partial charge in [0.2, 0.25) is 0 Å². The summed E-state index contributed by atoms with van der Waals surface area (Å²) in [6, 6.07) is 0. The molecule has 370 valence electrons. The van der Waals surface area contributed by atoms with Gasteiger partial charge in [0, 0.05) is 12.8 Å². The van der Waals surface area contributed by atoms with Crippen molar-refractivity contribution in [3.05, 3.63) is 97.2 Å². The summed E-state index contributed by atoms with van der Waals surface area (Å²) in [7, 11) is 5.89. The van der Waals surface area contributed by atoms with Gasteiger partial charge in [-0.3, -0.25) is 9.59 Å². The standard InChI is InChI=1S/C56H93NO8/c1-6-8-10-12-14-16-17-18-19-20-21-22-23-24-25-26-27-28-29-30-31-32-33-34-35-36-37-39-41-43-45-47-54(59)65-52(51-64-56(55(60)61)62-49-48-57(3,4)5)50-63-53(58)46-44-42-40-38-15-13-11-9-7-2/h8,10,14,16,18-19,21-22,24-25,27-28,30-31,33-34,52,56H,6-7,9,11-13,15,17,20,23,26,29,32,35-51H2,1-5H3/b10-8-,16-14-,19-18-,22-21-,25-24-,28-27-,31-30-,34-33-. The van der Waals surface area contributed by atoms with E-state index in [1.54, 1.807) is 0 Å². The fourth-order valence-electron chi connectivity index (χ4n) is 6.43. The first kappa shape index (κ1) is 61.2. The van der Waals surface area contributed by atoms with Crippen LogP contribution in [0, 0.1) is 0 Å². The summed E-state index contributed by atoms with van der Waals surface area (Å²) in [5, 5.41) is 11.7. The highest BCUT2D eigenvalue weighted by atomic mass is 16.7. The van der Waals surface area contributed by atoms with Crippen molar-refractivity contribution >= 4 is 17.9 Å². The molecule has 0 aliphatic rings. The van der Waals surface area contributed by atoms with E-state index in [1.165, 1.54) is 38.5 Å². The third-order valence-corrected chi connectivity index (χ3v) is 10.3. The van der Waals surface area contributed by atoms with Gasteiger partial charge in [0.15, 0.2) is 12.4 Å². The summed E-state index contributed by atoms with van der Waals surface area (Å²) in [4.78, 5) is 37.0. The molecule has 0 N–H and O–H groups in total. The molecule has 2 unspecified atom stereocenters. The molecule has 0 fully saturated rings. The average Bonchev–Trinajstić information content (AvgIpc) is 3.27. The van der Waals surface area contributed by atoms with Crippen molar-refractivity contribution in [3.8, 4) is 0 Å². The lowest BCUT2D eigenvalue weighted by atomic mass is 10.1. The Hall–Kier alpha value is -3.79. The number of hydrogen-bond donors (Lipinski definition) is 0. The SMILES string of the molecule is CC/C=C\C/C=C\C/C=C\C/C=C\C/C=C\C/C=C\C/C=C\C/C=C\CCCCCCCCC(=O)OC(COC(=O)CCCCCCCCCCC)COC(OCC[N+](C)(C)C)C(=O)[O-].